The Morgan fingerprint density at radius 1 is 1.32 bits per heavy atom. The molecule has 3 rings (SSSR count). The number of carbonyl (C=O) groups is 1. The Morgan fingerprint density at radius 2 is 2.12 bits per heavy atom. The molecule has 2 aromatic heterocycles. The second-order valence-corrected chi connectivity index (χ2v) is 8.37. The first-order valence-electron chi connectivity index (χ1n) is 7.65. The molecule has 0 aliphatic heterocycles. The average Bonchev–Trinajstić information content (AvgIpc) is 3.20. The normalized spacial score (nSPS) is 10.8. The fourth-order valence-corrected chi connectivity index (χ4v) is 4.34. The van der Waals surface area contributed by atoms with Gasteiger partial charge in [-0.1, -0.05) is 12.1 Å². The Kier molecular flexibility index (Phi) is 5.98. The summed E-state index contributed by atoms with van der Waals surface area (Å²) >= 11 is 6.56. The summed E-state index contributed by atoms with van der Waals surface area (Å²) in [5, 5.41) is 3.12. The molecule has 0 spiro atoms. The molecular formula is C18H17BrN2O2S2. The van der Waals surface area contributed by atoms with Gasteiger partial charge in [0.25, 0.3) is 5.91 Å². The van der Waals surface area contributed by atoms with E-state index in [2.05, 4.69) is 26.3 Å². The van der Waals surface area contributed by atoms with Gasteiger partial charge in [0.15, 0.2) is 4.67 Å². The predicted molar refractivity (Wildman–Crippen MR) is 105 cm³/mol. The summed E-state index contributed by atoms with van der Waals surface area (Å²) in [5.74, 6) is 1.47. The Balaban J connectivity index is 1.71. The molecule has 0 unspecified atom stereocenters. The van der Waals surface area contributed by atoms with Crippen LogP contribution in [0.2, 0.25) is 0 Å². The van der Waals surface area contributed by atoms with E-state index in [0.29, 0.717) is 16.8 Å². The zero-order valence-corrected chi connectivity index (χ0v) is 17.1. The lowest BCUT2D eigenvalue weighted by Crippen LogP contribution is -2.26. The smallest absolute Gasteiger partial charge is 0.255 e. The summed E-state index contributed by atoms with van der Waals surface area (Å²) in [5.41, 5.74) is 1.75. The number of aryl methyl sites for hydroxylation is 1. The minimum absolute atomic E-state index is 0.0231. The SMILES string of the molecule is Cc1nc(CSc2ccccc2C(=O)N(C)Cc2ccc(Br)o2)cs1. The molecule has 0 bridgehead atoms. The van der Waals surface area contributed by atoms with Gasteiger partial charge in [-0.25, -0.2) is 4.98 Å². The van der Waals surface area contributed by atoms with Gasteiger partial charge < -0.3 is 9.32 Å². The van der Waals surface area contributed by atoms with Crippen molar-refractivity contribution >= 4 is 44.9 Å². The van der Waals surface area contributed by atoms with Gasteiger partial charge in [0.05, 0.1) is 22.8 Å². The van der Waals surface area contributed by atoms with E-state index in [1.807, 2.05) is 43.3 Å². The van der Waals surface area contributed by atoms with Gasteiger partial charge in [-0.2, -0.15) is 0 Å². The summed E-state index contributed by atoms with van der Waals surface area (Å²) in [6.07, 6.45) is 0. The van der Waals surface area contributed by atoms with Crippen LogP contribution in [0.5, 0.6) is 0 Å². The largest absolute Gasteiger partial charge is 0.452 e. The summed E-state index contributed by atoms with van der Waals surface area (Å²) in [4.78, 5) is 19.9. The molecule has 0 aliphatic carbocycles. The predicted octanol–water partition coefficient (Wildman–Crippen LogP) is 5.37. The van der Waals surface area contributed by atoms with Crippen LogP contribution in [-0.4, -0.2) is 22.8 Å². The molecule has 1 aromatic carbocycles. The number of rotatable bonds is 6. The van der Waals surface area contributed by atoms with Gasteiger partial charge in [0.2, 0.25) is 0 Å². The third-order valence-electron chi connectivity index (χ3n) is 3.53. The summed E-state index contributed by atoms with van der Waals surface area (Å²) < 4.78 is 6.15. The molecule has 25 heavy (non-hydrogen) atoms. The Bertz CT molecular complexity index is 875. The van der Waals surface area contributed by atoms with E-state index in [0.717, 1.165) is 27.1 Å². The van der Waals surface area contributed by atoms with Gasteiger partial charge in [-0.15, -0.1) is 23.1 Å². The Morgan fingerprint density at radius 3 is 2.80 bits per heavy atom. The lowest BCUT2D eigenvalue weighted by molar-refractivity contribution is 0.0771. The number of amides is 1. The van der Waals surface area contributed by atoms with Crippen molar-refractivity contribution in [3.63, 3.8) is 0 Å². The molecular weight excluding hydrogens is 420 g/mol. The van der Waals surface area contributed by atoms with Crippen molar-refractivity contribution in [3.8, 4) is 0 Å². The van der Waals surface area contributed by atoms with Crippen LogP contribution in [0.15, 0.2) is 55.8 Å². The lowest BCUT2D eigenvalue weighted by Gasteiger charge is -2.17. The topological polar surface area (TPSA) is 46.3 Å². The monoisotopic (exact) mass is 436 g/mol. The van der Waals surface area contributed by atoms with Crippen LogP contribution < -0.4 is 0 Å². The number of nitrogens with zero attached hydrogens (tertiary/aromatic N) is 2. The van der Waals surface area contributed by atoms with Gasteiger partial charge in [0.1, 0.15) is 5.76 Å². The molecule has 0 saturated carbocycles. The number of aromatic nitrogens is 1. The molecule has 0 aliphatic rings. The molecule has 4 nitrogen and oxygen atoms in total. The molecule has 0 atom stereocenters. The number of hydrogen-bond acceptors (Lipinski definition) is 5. The highest BCUT2D eigenvalue weighted by atomic mass is 79.9. The lowest BCUT2D eigenvalue weighted by atomic mass is 10.2. The average molecular weight is 437 g/mol. The van der Waals surface area contributed by atoms with Crippen LogP contribution >= 0.6 is 39.0 Å². The first kappa shape index (κ1) is 18.2. The van der Waals surface area contributed by atoms with Crippen molar-refractivity contribution in [2.45, 2.75) is 24.1 Å². The molecule has 3 aromatic rings. The highest BCUT2D eigenvalue weighted by Crippen LogP contribution is 2.28. The van der Waals surface area contributed by atoms with E-state index in [-0.39, 0.29) is 5.91 Å². The first-order chi connectivity index (χ1) is 12.0. The van der Waals surface area contributed by atoms with E-state index in [1.165, 1.54) is 0 Å². The fourth-order valence-electron chi connectivity index (χ4n) is 2.34. The van der Waals surface area contributed by atoms with E-state index in [1.54, 1.807) is 35.0 Å². The summed E-state index contributed by atoms with van der Waals surface area (Å²) in [6, 6.07) is 11.4. The molecule has 130 valence electrons. The first-order valence-corrected chi connectivity index (χ1v) is 10.3. The molecule has 0 fully saturated rings. The number of hydrogen-bond donors (Lipinski definition) is 0. The van der Waals surface area contributed by atoms with Crippen molar-refractivity contribution < 1.29 is 9.21 Å². The number of thioether (sulfide) groups is 1. The number of benzene rings is 1. The van der Waals surface area contributed by atoms with Crippen molar-refractivity contribution in [2.24, 2.45) is 0 Å². The molecule has 0 saturated heterocycles. The molecule has 0 radical (unpaired) electrons. The Labute approximate surface area is 163 Å². The molecule has 2 heterocycles. The standard InChI is InChI=1S/C18H17BrN2O2S2/c1-12-20-13(10-24-12)11-25-16-6-4-3-5-15(16)18(22)21(2)9-14-7-8-17(19)23-14/h3-8,10H,9,11H2,1-2H3. The van der Waals surface area contributed by atoms with Crippen LogP contribution in [0.3, 0.4) is 0 Å². The van der Waals surface area contributed by atoms with E-state index in [4.69, 9.17) is 4.42 Å². The molecule has 1 amide bonds. The van der Waals surface area contributed by atoms with Crippen LogP contribution in [0, 0.1) is 6.92 Å². The van der Waals surface area contributed by atoms with Crippen LogP contribution in [0.4, 0.5) is 0 Å². The van der Waals surface area contributed by atoms with Gasteiger partial charge >= 0.3 is 0 Å². The van der Waals surface area contributed by atoms with Crippen LogP contribution in [0.1, 0.15) is 26.8 Å². The highest BCUT2D eigenvalue weighted by Gasteiger charge is 2.17. The fraction of sp³-hybridized carbons (Fsp3) is 0.222. The van der Waals surface area contributed by atoms with Gasteiger partial charge in [-0.3, -0.25) is 4.79 Å². The van der Waals surface area contributed by atoms with Crippen LogP contribution in [0.25, 0.3) is 0 Å². The van der Waals surface area contributed by atoms with E-state index in [9.17, 15) is 4.79 Å². The third kappa shape index (κ3) is 4.74. The summed E-state index contributed by atoms with van der Waals surface area (Å²) in [7, 11) is 1.78. The maximum atomic E-state index is 12.8. The maximum Gasteiger partial charge on any atom is 0.255 e. The van der Waals surface area contributed by atoms with Crippen molar-refractivity contribution in [3.05, 3.63) is 68.5 Å². The van der Waals surface area contributed by atoms with E-state index < -0.39 is 0 Å². The van der Waals surface area contributed by atoms with Crippen molar-refractivity contribution in [1.29, 1.82) is 0 Å². The van der Waals surface area contributed by atoms with Gasteiger partial charge in [-0.05, 0) is 47.1 Å². The maximum absolute atomic E-state index is 12.8. The minimum Gasteiger partial charge on any atom is -0.452 e. The number of carbonyl (C=O) groups excluding carboxylic acids is 1. The minimum atomic E-state index is -0.0231. The highest BCUT2D eigenvalue weighted by molar-refractivity contribution is 9.10. The second kappa shape index (κ2) is 8.21. The quantitative estimate of drug-likeness (QED) is 0.487. The van der Waals surface area contributed by atoms with Crippen molar-refractivity contribution in [2.75, 3.05) is 7.05 Å². The zero-order valence-electron chi connectivity index (χ0n) is 13.9. The Hall–Kier alpha value is -1.57. The van der Waals surface area contributed by atoms with Crippen molar-refractivity contribution in [1.82, 2.24) is 9.88 Å². The second-order valence-electron chi connectivity index (χ2n) is 5.51. The van der Waals surface area contributed by atoms with Crippen LogP contribution in [-0.2, 0) is 12.3 Å². The number of halogens is 1. The summed E-state index contributed by atoms with van der Waals surface area (Å²) in [6.45, 7) is 2.42. The molecule has 7 heteroatoms. The van der Waals surface area contributed by atoms with Gasteiger partial charge in [0, 0.05) is 23.1 Å². The number of thiazole rings is 1. The third-order valence-corrected chi connectivity index (χ3v) is 5.88. The van der Waals surface area contributed by atoms with E-state index >= 15 is 0 Å². The number of furan rings is 1. The molecule has 0 N–H and O–H groups in total. The zero-order chi connectivity index (χ0) is 17.8.